The summed E-state index contributed by atoms with van der Waals surface area (Å²) in [6.07, 6.45) is 1.31. The fraction of sp³-hybridized carbons (Fsp3) is 0.647. The van der Waals surface area contributed by atoms with E-state index >= 15 is 0 Å². The monoisotopic (exact) mass is 261 g/mol. The maximum Gasteiger partial charge on any atom is 0.0976 e. The molecule has 2 nitrogen and oxygen atoms in total. The van der Waals surface area contributed by atoms with Crippen molar-refractivity contribution in [3.05, 3.63) is 35.4 Å². The topological polar surface area (TPSA) is 21.3 Å². The predicted molar refractivity (Wildman–Crippen MR) is 80.4 cm³/mol. The van der Waals surface area contributed by atoms with Crippen LogP contribution in [0.25, 0.3) is 0 Å². The van der Waals surface area contributed by atoms with Gasteiger partial charge in [0, 0.05) is 11.6 Å². The standard InChI is InChI=1S/C17H27NO/c1-12(2)10-14-6-8-15(9-7-14)16-13(3)18-17(4,5)11-19-16/h6-9,12-13,16,18H,10-11H2,1-5H3. The Bertz CT molecular complexity index is 408. The summed E-state index contributed by atoms with van der Waals surface area (Å²) in [6, 6.07) is 9.27. The van der Waals surface area contributed by atoms with E-state index in [2.05, 4.69) is 64.2 Å². The maximum absolute atomic E-state index is 6.05. The highest BCUT2D eigenvalue weighted by molar-refractivity contribution is 5.26. The zero-order valence-corrected chi connectivity index (χ0v) is 12.9. The van der Waals surface area contributed by atoms with Crippen LogP contribution in [-0.2, 0) is 11.2 Å². The van der Waals surface area contributed by atoms with Crippen LogP contribution >= 0.6 is 0 Å². The third-order valence-corrected chi connectivity index (χ3v) is 3.65. The summed E-state index contributed by atoms with van der Waals surface area (Å²) in [5, 5.41) is 3.63. The Morgan fingerprint density at radius 1 is 1.26 bits per heavy atom. The second-order valence-electron chi connectivity index (χ2n) is 6.89. The highest BCUT2D eigenvalue weighted by atomic mass is 16.5. The van der Waals surface area contributed by atoms with Crippen molar-refractivity contribution in [1.82, 2.24) is 5.32 Å². The van der Waals surface area contributed by atoms with Gasteiger partial charge in [-0.25, -0.2) is 0 Å². The minimum atomic E-state index is 0.0769. The summed E-state index contributed by atoms with van der Waals surface area (Å²) in [7, 11) is 0. The van der Waals surface area contributed by atoms with Crippen molar-refractivity contribution in [3.63, 3.8) is 0 Å². The molecule has 0 radical (unpaired) electrons. The first kappa shape index (κ1) is 14.5. The van der Waals surface area contributed by atoms with Gasteiger partial charge in [-0.05, 0) is 44.2 Å². The van der Waals surface area contributed by atoms with Crippen LogP contribution in [0.15, 0.2) is 24.3 Å². The van der Waals surface area contributed by atoms with Gasteiger partial charge in [0.2, 0.25) is 0 Å². The lowest BCUT2D eigenvalue weighted by atomic mass is 9.94. The van der Waals surface area contributed by atoms with E-state index in [0.717, 1.165) is 13.0 Å². The van der Waals surface area contributed by atoms with Crippen molar-refractivity contribution < 1.29 is 4.74 Å². The zero-order valence-electron chi connectivity index (χ0n) is 12.9. The molecule has 1 aliphatic heterocycles. The molecule has 1 N–H and O–H groups in total. The summed E-state index contributed by atoms with van der Waals surface area (Å²) in [4.78, 5) is 0. The van der Waals surface area contributed by atoms with Crippen molar-refractivity contribution in [2.75, 3.05) is 6.61 Å². The molecule has 0 saturated carbocycles. The third-order valence-electron chi connectivity index (χ3n) is 3.65. The molecule has 0 amide bonds. The van der Waals surface area contributed by atoms with E-state index in [1.54, 1.807) is 0 Å². The molecule has 0 bridgehead atoms. The Balaban J connectivity index is 2.06. The summed E-state index contributed by atoms with van der Waals surface area (Å²) < 4.78 is 6.05. The highest BCUT2D eigenvalue weighted by Crippen LogP contribution is 2.28. The smallest absolute Gasteiger partial charge is 0.0976 e. The summed E-state index contributed by atoms with van der Waals surface area (Å²) >= 11 is 0. The molecule has 1 saturated heterocycles. The van der Waals surface area contributed by atoms with Gasteiger partial charge in [0.1, 0.15) is 0 Å². The molecule has 0 spiro atoms. The van der Waals surface area contributed by atoms with Crippen LogP contribution in [0.1, 0.15) is 51.8 Å². The first-order chi connectivity index (χ1) is 8.87. The normalized spacial score (nSPS) is 26.6. The fourth-order valence-electron chi connectivity index (χ4n) is 2.88. The van der Waals surface area contributed by atoms with Gasteiger partial charge in [-0.2, -0.15) is 0 Å². The highest BCUT2D eigenvalue weighted by Gasteiger charge is 2.33. The number of hydrogen-bond donors (Lipinski definition) is 1. The Morgan fingerprint density at radius 3 is 2.42 bits per heavy atom. The first-order valence-electron chi connectivity index (χ1n) is 7.35. The van der Waals surface area contributed by atoms with Gasteiger partial charge in [0.15, 0.2) is 0 Å². The molecule has 2 unspecified atom stereocenters. The minimum Gasteiger partial charge on any atom is -0.370 e. The van der Waals surface area contributed by atoms with Gasteiger partial charge < -0.3 is 10.1 Å². The number of benzene rings is 1. The fourth-order valence-corrected chi connectivity index (χ4v) is 2.88. The Labute approximate surface area is 117 Å². The van der Waals surface area contributed by atoms with Gasteiger partial charge in [-0.1, -0.05) is 38.1 Å². The molecule has 0 aliphatic carbocycles. The quantitative estimate of drug-likeness (QED) is 0.895. The molecule has 2 heteroatoms. The number of ether oxygens (including phenoxy) is 1. The molecule has 1 aromatic rings. The average molecular weight is 261 g/mol. The van der Waals surface area contributed by atoms with Gasteiger partial charge in [0.05, 0.1) is 12.7 Å². The van der Waals surface area contributed by atoms with Crippen molar-refractivity contribution >= 4 is 0 Å². The number of nitrogens with one attached hydrogen (secondary N) is 1. The van der Waals surface area contributed by atoms with E-state index in [1.807, 2.05) is 0 Å². The van der Waals surface area contributed by atoms with E-state index < -0.39 is 0 Å². The predicted octanol–water partition coefficient (Wildman–Crippen LogP) is 3.71. The van der Waals surface area contributed by atoms with Crippen molar-refractivity contribution in [2.45, 2.75) is 58.7 Å². The first-order valence-corrected chi connectivity index (χ1v) is 7.35. The number of rotatable bonds is 3. The van der Waals surface area contributed by atoms with Gasteiger partial charge in [0.25, 0.3) is 0 Å². The lowest BCUT2D eigenvalue weighted by Gasteiger charge is -2.41. The molecule has 2 atom stereocenters. The summed E-state index contributed by atoms with van der Waals surface area (Å²) in [6.45, 7) is 11.8. The van der Waals surface area contributed by atoms with Crippen LogP contribution in [0.3, 0.4) is 0 Å². The summed E-state index contributed by atoms with van der Waals surface area (Å²) in [5.74, 6) is 0.707. The van der Waals surface area contributed by atoms with Crippen LogP contribution < -0.4 is 5.32 Å². The molecule has 19 heavy (non-hydrogen) atoms. The molecular weight excluding hydrogens is 234 g/mol. The van der Waals surface area contributed by atoms with Gasteiger partial charge >= 0.3 is 0 Å². The summed E-state index contributed by atoms with van der Waals surface area (Å²) in [5.41, 5.74) is 2.77. The second kappa shape index (κ2) is 5.64. The molecule has 106 valence electrons. The zero-order chi connectivity index (χ0) is 14.0. The van der Waals surface area contributed by atoms with E-state index in [4.69, 9.17) is 4.74 Å². The van der Waals surface area contributed by atoms with Crippen molar-refractivity contribution in [2.24, 2.45) is 5.92 Å². The van der Waals surface area contributed by atoms with Crippen LogP contribution in [0.2, 0.25) is 0 Å². The molecule has 0 aromatic heterocycles. The van der Waals surface area contributed by atoms with E-state index in [1.165, 1.54) is 11.1 Å². The van der Waals surface area contributed by atoms with Crippen LogP contribution in [0, 0.1) is 5.92 Å². The molecule has 1 heterocycles. The van der Waals surface area contributed by atoms with Crippen LogP contribution in [0.5, 0.6) is 0 Å². The van der Waals surface area contributed by atoms with E-state index in [-0.39, 0.29) is 11.6 Å². The van der Waals surface area contributed by atoms with Crippen molar-refractivity contribution in [3.8, 4) is 0 Å². The minimum absolute atomic E-state index is 0.0769. The van der Waals surface area contributed by atoms with E-state index in [9.17, 15) is 0 Å². The molecule has 2 rings (SSSR count). The molecule has 1 fully saturated rings. The average Bonchev–Trinajstić information content (AvgIpc) is 2.29. The molecular formula is C17H27NO. The SMILES string of the molecule is CC(C)Cc1ccc(C2OCC(C)(C)NC2C)cc1. The third kappa shape index (κ3) is 3.80. The van der Waals surface area contributed by atoms with Gasteiger partial charge in [-0.3, -0.25) is 0 Å². The molecule has 1 aliphatic rings. The van der Waals surface area contributed by atoms with Crippen LogP contribution in [0.4, 0.5) is 0 Å². The number of hydrogen-bond acceptors (Lipinski definition) is 2. The van der Waals surface area contributed by atoms with E-state index in [0.29, 0.717) is 12.0 Å². The van der Waals surface area contributed by atoms with Crippen LogP contribution in [-0.4, -0.2) is 18.2 Å². The lowest BCUT2D eigenvalue weighted by molar-refractivity contribution is -0.0495. The maximum atomic E-state index is 6.05. The Morgan fingerprint density at radius 2 is 1.89 bits per heavy atom. The van der Waals surface area contributed by atoms with Crippen molar-refractivity contribution in [1.29, 1.82) is 0 Å². The Hall–Kier alpha value is -0.860. The second-order valence-corrected chi connectivity index (χ2v) is 6.89. The lowest BCUT2D eigenvalue weighted by Crippen LogP contribution is -2.55. The number of morpholine rings is 1. The Kier molecular flexibility index (Phi) is 4.32. The van der Waals surface area contributed by atoms with Gasteiger partial charge in [-0.15, -0.1) is 0 Å². The molecule has 1 aromatic carbocycles. The largest absolute Gasteiger partial charge is 0.370 e.